The summed E-state index contributed by atoms with van der Waals surface area (Å²) in [6.45, 7) is 4.05. The van der Waals surface area contributed by atoms with Crippen molar-refractivity contribution in [3.63, 3.8) is 0 Å². The van der Waals surface area contributed by atoms with Crippen LogP contribution in [0.25, 0.3) is 10.9 Å². The first-order valence-corrected chi connectivity index (χ1v) is 11.5. The molecule has 1 heterocycles. The van der Waals surface area contributed by atoms with Crippen LogP contribution in [0.3, 0.4) is 0 Å². The van der Waals surface area contributed by atoms with Gasteiger partial charge in [-0.15, -0.1) is 0 Å². The van der Waals surface area contributed by atoms with E-state index in [2.05, 4.69) is 16.9 Å². The molecular weight excluding hydrogens is 477 g/mol. The van der Waals surface area contributed by atoms with Crippen molar-refractivity contribution in [2.24, 2.45) is 0 Å². The van der Waals surface area contributed by atoms with Gasteiger partial charge in [-0.05, 0) is 42.0 Å². The molecule has 184 valence electrons. The Hall–Kier alpha value is -4.17. The predicted molar refractivity (Wildman–Crippen MR) is 145 cm³/mol. The van der Waals surface area contributed by atoms with Crippen molar-refractivity contribution in [3.05, 3.63) is 96.6 Å². The molecule has 0 unspecified atom stereocenters. The number of ether oxygens (including phenoxy) is 3. The maximum Gasteiger partial charge on any atom is 0.177 e. The fraction of sp³-hybridized carbons (Fsp3) is 0.143. The van der Waals surface area contributed by atoms with Gasteiger partial charge in [-0.25, -0.2) is 4.39 Å². The fourth-order valence-corrected chi connectivity index (χ4v) is 3.92. The lowest BCUT2D eigenvalue weighted by atomic mass is 10.1. The van der Waals surface area contributed by atoms with E-state index in [4.69, 9.17) is 26.4 Å². The Labute approximate surface area is 214 Å². The van der Waals surface area contributed by atoms with Gasteiger partial charge in [0, 0.05) is 48.6 Å². The van der Waals surface area contributed by atoms with Crippen LogP contribution in [-0.2, 0) is 6.42 Å². The van der Waals surface area contributed by atoms with Gasteiger partial charge >= 0.3 is 0 Å². The second-order valence-corrected chi connectivity index (χ2v) is 8.39. The zero-order valence-electron chi connectivity index (χ0n) is 20.2. The number of aromatic nitrogens is 1. The Kier molecular flexibility index (Phi) is 7.65. The Morgan fingerprint density at radius 1 is 0.972 bits per heavy atom. The molecule has 3 aromatic carbocycles. The summed E-state index contributed by atoms with van der Waals surface area (Å²) >= 11 is 5.50. The Morgan fingerprint density at radius 2 is 1.69 bits per heavy atom. The maximum atomic E-state index is 15.1. The average Bonchev–Trinajstić information content (AvgIpc) is 2.89. The molecule has 1 N–H and O–H groups in total. The Morgan fingerprint density at radius 3 is 2.39 bits per heavy atom. The van der Waals surface area contributed by atoms with Gasteiger partial charge in [0.25, 0.3) is 0 Å². The molecule has 0 saturated heterocycles. The van der Waals surface area contributed by atoms with Crippen molar-refractivity contribution in [3.8, 4) is 23.0 Å². The van der Waals surface area contributed by atoms with E-state index in [9.17, 15) is 0 Å². The number of anilines is 1. The van der Waals surface area contributed by atoms with Crippen molar-refractivity contribution in [1.29, 1.82) is 0 Å². The highest BCUT2D eigenvalue weighted by molar-refractivity contribution is 7.80. The lowest BCUT2D eigenvalue weighted by Gasteiger charge is -2.22. The number of methoxy groups -OCH3 is 2. The molecule has 6 nitrogen and oxygen atoms in total. The van der Waals surface area contributed by atoms with E-state index in [0.717, 1.165) is 11.3 Å². The van der Waals surface area contributed by atoms with Crippen LogP contribution in [0.5, 0.6) is 23.0 Å². The van der Waals surface area contributed by atoms with Crippen LogP contribution < -0.4 is 24.4 Å². The van der Waals surface area contributed by atoms with E-state index in [1.807, 2.05) is 30.3 Å². The number of fused-ring (bicyclic) bond motifs is 1. The number of halogens is 1. The minimum absolute atomic E-state index is 0.0711. The van der Waals surface area contributed by atoms with Gasteiger partial charge in [0.05, 0.1) is 19.7 Å². The smallest absolute Gasteiger partial charge is 0.177 e. The maximum absolute atomic E-state index is 15.1. The molecule has 0 bridgehead atoms. The largest absolute Gasteiger partial charge is 0.493 e. The number of allylic oxidation sites excluding steroid dienone is 1. The van der Waals surface area contributed by atoms with E-state index < -0.39 is 5.82 Å². The lowest BCUT2D eigenvalue weighted by molar-refractivity contribution is 0.355. The highest BCUT2D eigenvalue weighted by atomic mass is 32.1. The van der Waals surface area contributed by atoms with Gasteiger partial charge in [0.1, 0.15) is 5.75 Å². The fourth-order valence-electron chi connectivity index (χ4n) is 3.67. The van der Waals surface area contributed by atoms with Gasteiger partial charge in [0.2, 0.25) is 0 Å². The van der Waals surface area contributed by atoms with Crippen molar-refractivity contribution < 1.29 is 18.6 Å². The van der Waals surface area contributed by atoms with Crippen LogP contribution in [0.2, 0.25) is 0 Å². The normalized spacial score (nSPS) is 10.6. The van der Waals surface area contributed by atoms with E-state index in [0.29, 0.717) is 45.4 Å². The molecule has 0 aliphatic rings. The first-order chi connectivity index (χ1) is 17.4. The minimum atomic E-state index is -0.532. The van der Waals surface area contributed by atoms with E-state index in [-0.39, 0.29) is 5.75 Å². The van der Waals surface area contributed by atoms with Crippen molar-refractivity contribution in [1.82, 2.24) is 10.3 Å². The standard InChI is InChI=1S/C28H26FN3O3S/c1-18(14-19-8-6-5-7-9-19)31-28(36)32(2)20-10-11-25(22(29)15-20)35-24-12-13-30-23-17-27(34-4)26(33-3)16-21(23)24/h5-13,15-17H,1,14H2,2-4H3,(H,31,36). The summed E-state index contributed by atoms with van der Waals surface area (Å²) in [4.78, 5) is 6.03. The van der Waals surface area contributed by atoms with Crippen LogP contribution in [0, 0.1) is 5.82 Å². The molecule has 0 spiro atoms. The topological polar surface area (TPSA) is 55.9 Å². The van der Waals surface area contributed by atoms with Crippen molar-refractivity contribution in [2.45, 2.75) is 6.42 Å². The second kappa shape index (κ2) is 11.0. The second-order valence-electron chi connectivity index (χ2n) is 8.01. The molecule has 0 aliphatic heterocycles. The molecule has 0 radical (unpaired) electrons. The summed E-state index contributed by atoms with van der Waals surface area (Å²) in [7, 11) is 4.86. The van der Waals surface area contributed by atoms with Gasteiger partial charge < -0.3 is 24.4 Å². The summed E-state index contributed by atoms with van der Waals surface area (Å²) in [5.41, 5.74) is 3.06. The molecular formula is C28H26FN3O3S. The van der Waals surface area contributed by atoms with Gasteiger partial charge in [-0.2, -0.15) is 0 Å². The average molecular weight is 504 g/mol. The third kappa shape index (κ3) is 5.55. The van der Waals surface area contributed by atoms with Crippen molar-refractivity contribution >= 4 is 33.9 Å². The number of pyridine rings is 1. The molecule has 4 rings (SSSR count). The lowest BCUT2D eigenvalue weighted by Crippen LogP contribution is -2.36. The van der Waals surface area contributed by atoms with Crippen LogP contribution in [-0.4, -0.2) is 31.4 Å². The molecule has 0 aliphatic carbocycles. The number of hydrogen-bond donors (Lipinski definition) is 1. The number of nitrogens with zero attached hydrogens (tertiary/aromatic N) is 2. The van der Waals surface area contributed by atoms with Gasteiger partial charge in [-0.1, -0.05) is 36.9 Å². The predicted octanol–water partition coefficient (Wildman–Crippen LogP) is 6.25. The molecule has 0 atom stereocenters. The van der Waals surface area contributed by atoms with Crippen LogP contribution in [0.4, 0.5) is 10.1 Å². The van der Waals surface area contributed by atoms with Crippen molar-refractivity contribution in [2.75, 3.05) is 26.2 Å². The van der Waals surface area contributed by atoms with E-state index >= 15 is 4.39 Å². The number of thiocarbonyl (C=S) groups is 1. The van der Waals surface area contributed by atoms with Crippen LogP contribution in [0.1, 0.15) is 5.56 Å². The summed E-state index contributed by atoms with van der Waals surface area (Å²) in [6, 6.07) is 19.8. The van der Waals surface area contributed by atoms with Crippen LogP contribution in [0.15, 0.2) is 85.2 Å². The summed E-state index contributed by atoms with van der Waals surface area (Å²) in [5, 5.41) is 4.19. The van der Waals surface area contributed by atoms with Crippen LogP contribution >= 0.6 is 12.2 Å². The number of hydrogen-bond acceptors (Lipinski definition) is 5. The van der Waals surface area contributed by atoms with E-state index in [1.54, 1.807) is 62.7 Å². The molecule has 4 aromatic rings. The third-order valence-electron chi connectivity index (χ3n) is 5.58. The monoisotopic (exact) mass is 503 g/mol. The first-order valence-electron chi connectivity index (χ1n) is 11.1. The molecule has 8 heteroatoms. The first kappa shape index (κ1) is 24.9. The molecule has 0 saturated carbocycles. The van der Waals surface area contributed by atoms with E-state index in [1.165, 1.54) is 6.07 Å². The highest BCUT2D eigenvalue weighted by Crippen LogP contribution is 2.37. The third-order valence-corrected chi connectivity index (χ3v) is 5.95. The number of benzene rings is 3. The quantitative estimate of drug-likeness (QED) is 0.285. The minimum Gasteiger partial charge on any atom is -0.493 e. The Balaban J connectivity index is 1.49. The zero-order chi connectivity index (χ0) is 25.7. The molecule has 0 amide bonds. The molecule has 1 aromatic heterocycles. The Bertz CT molecular complexity index is 1410. The molecule has 0 fully saturated rings. The summed E-state index contributed by atoms with van der Waals surface area (Å²) in [5.74, 6) is 1.05. The zero-order valence-corrected chi connectivity index (χ0v) is 21.1. The summed E-state index contributed by atoms with van der Waals surface area (Å²) in [6.07, 6.45) is 2.22. The number of rotatable bonds is 8. The van der Waals surface area contributed by atoms with Gasteiger partial charge in [0.15, 0.2) is 28.2 Å². The number of nitrogens with one attached hydrogen (secondary N) is 1. The SMILES string of the molecule is C=C(Cc1ccccc1)NC(=S)N(C)c1ccc(Oc2ccnc3cc(OC)c(OC)cc23)c(F)c1. The summed E-state index contributed by atoms with van der Waals surface area (Å²) < 4.78 is 31.7. The van der Waals surface area contributed by atoms with Gasteiger partial charge in [-0.3, -0.25) is 4.98 Å². The molecule has 36 heavy (non-hydrogen) atoms. The highest BCUT2D eigenvalue weighted by Gasteiger charge is 2.15.